The second-order valence-corrected chi connectivity index (χ2v) is 5.58. The number of rotatable bonds is 7. The summed E-state index contributed by atoms with van der Waals surface area (Å²) in [5.41, 5.74) is 0. The third kappa shape index (κ3) is 6.19. The monoisotopic (exact) mass is 285 g/mol. The highest BCUT2D eigenvalue weighted by Crippen LogP contribution is 2.11. The molecule has 0 aliphatic carbocycles. The van der Waals surface area contributed by atoms with E-state index in [1.165, 1.54) is 0 Å². The highest BCUT2D eigenvalue weighted by Gasteiger charge is 2.09. The Kier molecular flexibility index (Phi) is 6.27. The first kappa shape index (κ1) is 15.4. The van der Waals surface area contributed by atoms with Gasteiger partial charge in [-0.15, -0.1) is 11.3 Å². The van der Waals surface area contributed by atoms with Gasteiger partial charge in [0, 0.05) is 44.1 Å². The fourth-order valence-corrected chi connectivity index (χ4v) is 2.23. The number of urea groups is 1. The van der Waals surface area contributed by atoms with Gasteiger partial charge >= 0.3 is 12.0 Å². The Morgan fingerprint density at radius 1 is 1.53 bits per heavy atom. The number of likely N-dealkylation sites (N-methyl/N-ethyl adjacent to an activating group) is 1. The smallest absolute Gasteiger partial charge is 0.317 e. The number of aliphatic carboxylic acids is 1. The van der Waals surface area contributed by atoms with Crippen molar-refractivity contribution in [1.29, 1.82) is 0 Å². The molecule has 0 radical (unpaired) electrons. The SMILES string of the molecule is Cc1cnc(CCN(C)C(=O)NCCCC(=O)O)s1. The van der Waals surface area contributed by atoms with Crippen molar-refractivity contribution >= 4 is 23.3 Å². The molecule has 1 rings (SSSR count). The average molecular weight is 285 g/mol. The number of carboxylic acid groups (broad SMARTS) is 1. The van der Waals surface area contributed by atoms with Gasteiger partial charge < -0.3 is 15.3 Å². The van der Waals surface area contributed by atoms with Crippen LogP contribution in [0.2, 0.25) is 0 Å². The van der Waals surface area contributed by atoms with E-state index in [0.717, 1.165) is 16.3 Å². The Labute approximate surface area is 116 Å². The van der Waals surface area contributed by atoms with Crippen LogP contribution in [0, 0.1) is 6.92 Å². The van der Waals surface area contributed by atoms with Crippen molar-refractivity contribution in [3.63, 3.8) is 0 Å². The summed E-state index contributed by atoms with van der Waals surface area (Å²) in [4.78, 5) is 29.0. The molecule has 1 heterocycles. The lowest BCUT2D eigenvalue weighted by atomic mass is 10.3. The summed E-state index contributed by atoms with van der Waals surface area (Å²) in [5, 5.41) is 12.2. The summed E-state index contributed by atoms with van der Waals surface area (Å²) < 4.78 is 0. The first-order chi connectivity index (χ1) is 8.99. The Hall–Kier alpha value is -1.63. The molecule has 0 aliphatic heterocycles. The Morgan fingerprint density at radius 2 is 2.26 bits per heavy atom. The van der Waals surface area contributed by atoms with E-state index in [1.54, 1.807) is 23.3 Å². The number of aromatic nitrogens is 1. The minimum absolute atomic E-state index is 0.0718. The fourth-order valence-electron chi connectivity index (χ4n) is 1.45. The summed E-state index contributed by atoms with van der Waals surface area (Å²) in [6.07, 6.45) is 3.08. The fraction of sp³-hybridized carbons (Fsp3) is 0.583. The van der Waals surface area contributed by atoms with E-state index in [2.05, 4.69) is 10.3 Å². The molecule has 2 N–H and O–H groups in total. The predicted molar refractivity (Wildman–Crippen MR) is 73.5 cm³/mol. The van der Waals surface area contributed by atoms with Crippen LogP contribution in [0.3, 0.4) is 0 Å². The number of carbonyl (C=O) groups excluding carboxylic acids is 1. The van der Waals surface area contributed by atoms with Gasteiger partial charge in [0.05, 0.1) is 5.01 Å². The summed E-state index contributed by atoms with van der Waals surface area (Å²) >= 11 is 1.63. The van der Waals surface area contributed by atoms with Crippen LogP contribution in [0.1, 0.15) is 22.7 Å². The maximum absolute atomic E-state index is 11.7. The van der Waals surface area contributed by atoms with Crippen molar-refractivity contribution in [3.8, 4) is 0 Å². The lowest BCUT2D eigenvalue weighted by Gasteiger charge is -2.17. The average Bonchev–Trinajstić information content (AvgIpc) is 2.77. The van der Waals surface area contributed by atoms with E-state index < -0.39 is 5.97 Å². The standard InChI is InChI=1S/C12H19N3O3S/c1-9-8-14-10(19-9)5-7-15(2)12(18)13-6-3-4-11(16)17/h8H,3-7H2,1-2H3,(H,13,18)(H,16,17). The van der Waals surface area contributed by atoms with Crippen molar-refractivity contribution in [2.24, 2.45) is 0 Å². The lowest BCUT2D eigenvalue weighted by molar-refractivity contribution is -0.137. The molecule has 19 heavy (non-hydrogen) atoms. The normalized spacial score (nSPS) is 10.2. The summed E-state index contributed by atoms with van der Waals surface area (Å²) in [7, 11) is 1.72. The van der Waals surface area contributed by atoms with Crippen LogP contribution in [0.4, 0.5) is 4.79 Å². The quantitative estimate of drug-likeness (QED) is 0.744. The Bertz CT molecular complexity index is 434. The zero-order chi connectivity index (χ0) is 14.3. The van der Waals surface area contributed by atoms with Crippen molar-refractivity contribution in [2.75, 3.05) is 20.1 Å². The van der Waals surface area contributed by atoms with Crippen LogP contribution in [0.5, 0.6) is 0 Å². The molecule has 0 bridgehead atoms. The number of hydrogen-bond acceptors (Lipinski definition) is 4. The van der Waals surface area contributed by atoms with Gasteiger partial charge in [-0.1, -0.05) is 0 Å². The Balaban J connectivity index is 2.19. The van der Waals surface area contributed by atoms with Gasteiger partial charge in [0.25, 0.3) is 0 Å². The minimum Gasteiger partial charge on any atom is -0.481 e. The van der Waals surface area contributed by atoms with Gasteiger partial charge in [-0.25, -0.2) is 9.78 Å². The molecule has 2 amide bonds. The molecule has 106 valence electrons. The van der Waals surface area contributed by atoms with E-state index in [-0.39, 0.29) is 12.5 Å². The maximum Gasteiger partial charge on any atom is 0.317 e. The molecule has 0 atom stereocenters. The number of nitrogens with one attached hydrogen (secondary N) is 1. The molecule has 1 aromatic rings. The molecule has 6 nitrogen and oxygen atoms in total. The third-order valence-corrected chi connectivity index (χ3v) is 3.49. The van der Waals surface area contributed by atoms with Crippen LogP contribution in [-0.2, 0) is 11.2 Å². The summed E-state index contributed by atoms with van der Waals surface area (Å²) in [5.74, 6) is -0.846. The van der Waals surface area contributed by atoms with E-state index in [0.29, 0.717) is 19.5 Å². The molecule has 7 heteroatoms. The molecular formula is C12H19N3O3S. The summed E-state index contributed by atoms with van der Waals surface area (Å²) in [6, 6.07) is -0.182. The van der Waals surface area contributed by atoms with Crippen LogP contribution in [0.15, 0.2) is 6.20 Å². The summed E-state index contributed by atoms with van der Waals surface area (Å²) in [6.45, 7) is 2.98. The molecule has 0 saturated heterocycles. The second kappa shape index (κ2) is 7.73. The zero-order valence-electron chi connectivity index (χ0n) is 11.2. The van der Waals surface area contributed by atoms with Crippen LogP contribution < -0.4 is 5.32 Å². The number of aryl methyl sites for hydroxylation is 1. The topological polar surface area (TPSA) is 82.5 Å². The number of carboxylic acids is 1. The van der Waals surface area contributed by atoms with E-state index in [1.807, 2.05) is 13.1 Å². The van der Waals surface area contributed by atoms with Crippen molar-refractivity contribution in [2.45, 2.75) is 26.2 Å². The zero-order valence-corrected chi connectivity index (χ0v) is 12.0. The number of nitrogens with zero attached hydrogens (tertiary/aromatic N) is 2. The molecule has 0 unspecified atom stereocenters. The van der Waals surface area contributed by atoms with E-state index in [4.69, 9.17) is 5.11 Å². The number of amides is 2. The molecular weight excluding hydrogens is 266 g/mol. The predicted octanol–water partition coefficient (Wildman–Crippen LogP) is 1.50. The van der Waals surface area contributed by atoms with Gasteiger partial charge in [0.1, 0.15) is 0 Å². The number of hydrogen-bond donors (Lipinski definition) is 2. The maximum atomic E-state index is 11.7. The van der Waals surface area contributed by atoms with E-state index >= 15 is 0 Å². The number of thiazole rings is 1. The Morgan fingerprint density at radius 3 is 2.84 bits per heavy atom. The van der Waals surface area contributed by atoms with Gasteiger partial charge in [-0.3, -0.25) is 4.79 Å². The minimum atomic E-state index is -0.846. The van der Waals surface area contributed by atoms with E-state index in [9.17, 15) is 9.59 Å². The van der Waals surface area contributed by atoms with Crippen molar-refractivity contribution in [1.82, 2.24) is 15.2 Å². The number of carbonyl (C=O) groups is 2. The molecule has 0 aliphatic rings. The lowest BCUT2D eigenvalue weighted by Crippen LogP contribution is -2.38. The molecule has 0 spiro atoms. The van der Waals surface area contributed by atoms with Gasteiger partial charge in [0.15, 0.2) is 0 Å². The first-order valence-corrected chi connectivity index (χ1v) is 6.92. The van der Waals surface area contributed by atoms with Gasteiger partial charge in [-0.2, -0.15) is 0 Å². The highest BCUT2D eigenvalue weighted by atomic mass is 32.1. The second-order valence-electron chi connectivity index (χ2n) is 4.27. The van der Waals surface area contributed by atoms with Crippen LogP contribution in [-0.4, -0.2) is 47.1 Å². The molecule has 0 saturated carbocycles. The largest absolute Gasteiger partial charge is 0.481 e. The highest BCUT2D eigenvalue weighted by molar-refractivity contribution is 7.11. The molecule has 0 fully saturated rings. The van der Waals surface area contributed by atoms with Crippen LogP contribution >= 0.6 is 11.3 Å². The molecule has 0 aromatic carbocycles. The van der Waals surface area contributed by atoms with Crippen molar-refractivity contribution in [3.05, 3.63) is 16.1 Å². The van der Waals surface area contributed by atoms with Gasteiger partial charge in [0.2, 0.25) is 0 Å². The third-order valence-electron chi connectivity index (χ3n) is 2.52. The van der Waals surface area contributed by atoms with Gasteiger partial charge in [-0.05, 0) is 13.3 Å². The van der Waals surface area contributed by atoms with Crippen molar-refractivity contribution < 1.29 is 14.7 Å². The molecule has 1 aromatic heterocycles. The van der Waals surface area contributed by atoms with Crippen LogP contribution in [0.25, 0.3) is 0 Å². The first-order valence-electron chi connectivity index (χ1n) is 6.11.